The standard InChI is InChI=1S/C31H21N5O6S/c37-27(18-15-20-7-4-5-12-26(20)42-30(39)22-8-2-1-3-9-22)32-24-11-6-10-23(19-24)28(38)33-31-35-34-29(43-31)21-13-16-25(17-14-21)36(40)41/h1-19H,(H,32,37)(H,33,35,38)/b18-15+. The van der Waals surface area contributed by atoms with E-state index in [1.807, 2.05) is 0 Å². The van der Waals surface area contributed by atoms with Gasteiger partial charge >= 0.3 is 5.97 Å². The van der Waals surface area contributed by atoms with E-state index >= 15 is 0 Å². The van der Waals surface area contributed by atoms with Crippen LogP contribution in [-0.4, -0.2) is 32.9 Å². The van der Waals surface area contributed by atoms with Crippen LogP contribution in [0.15, 0.2) is 109 Å². The maximum atomic E-state index is 12.8. The second kappa shape index (κ2) is 13.1. The van der Waals surface area contributed by atoms with Crippen molar-refractivity contribution >= 4 is 51.7 Å². The van der Waals surface area contributed by atoms with Gasteiger partial charge in [-0.15, -0.1) is 10.2 Å². The van der Waals surface area contributed by atoms with E-state index < -0.39 is 22.7 Å². The average Bonchev–Trinajstić information content (AvgIpc) is 3.49. The van der Waals surface area contributed by atoms with Crippen molar-refractivity contribution in [3.8, 4) is 16.3 Å². The van der Waals surface area contributed by atoms with E-state index in [9.17, 15) is 24.5 Å². The Bertz CT molecular complexity index is 1840. The first-order chi connectivity index (χ1) is 20.9. The van der Waals surface area contributed by atoms with Crippen molar-refractivity contribution in [1.29, 1.82) is 0 Å². The number of rotatable bonds is 9. The summed E-state index contributed by atoms with van der Waals surface area (Å²) in [7, 11) is 0. The number of hydrogen-bond donors (Lipinski definition) is 2. The summed E-state index contributed by atoms with van der Waals surface area (Å²) >= 11 is 1.11. The summed E-state index contributed by atoms with van der Waals surface area (Å²) in [5, 5.41) is 25.0. The molecule has 0 saturated heterocycles. The molecule has 0 radical (unpaired) electrons. The highest BCUT2D eigenvalue weighted by Crippen LogP contribution is 2.28. The molecule has 0 aliphatic carbocycles. The molecule has 0 aliphatic heterocycles. The average molecular weight is 592 g/mol. The fourth-order valence-electron chi connectivity index (χ4n) is 3.82. The number of carbonyl (C=O) groups excluding carboxylic acids is 3. The van der Waals surface area contributed by atoms with Crippen LogP contribution in [0.3, 0.4) is 0 Å². The van der Waals surface area contributed by atoms with Gasteiger partial charge in [0.05, 0.1) is 10.5 Å². The van der Waals surface area contributed by atoms with Gasteiger partial charge in [-0.05, 0) is 54.6 Å². The predicted octanol–water partition coefficient (Wildman–Crippen LogP) is 6.24. The molecule has 5 aromatic rings. The molecule has 2 N–H and O–H groups in total. The highest BCUT2D eigenvalue weighted by molar-refractivity contribution is 7.18. The van der Waals surface area contributed by atoms with Gasteiger partial charge in [0.25, 0.3) is 11.6 Å². The third-order valence-electron chi connectivity index (χ3n) is 5.91. The molecule has 11 nitrogen and oxygen atoms in total. The molecule has 0 aliphatic rings. The number of non-ortho nitro benzene ring substituents is 1. The Morgan fingerprint density at radius 1 is 0.814 bits per heavy atom. The first kappa shape index (κ1) is 28.5. The smallest absolute Gasteiger partial charge is 0.343 e. The molecule has 212 valence electrons. The number of ether oxygens (including phenoxy) is 1. The molecule has 0 saturated carbocycles. The molecule has 5 rings (SSSR count). The van der Waals surface area contributed by atoms with Crippen molar-refractivity contribution < 1.29 is 24.0 Å². The summed E-state index contributed by atoms with van der Waals surface area (Å²) < 4.78 is 5.51. The van der Waals surface area contributed by atoms with Gasteiger partial charge in [-0.25, -0.2) is 4.79 Å². The molecule has 12 heteroatoms. The molecule has 0 unspecified atom stereocenters. The number of nitro benzene ring substituents is 1. The van der Waals surface area contributed by atoms with Crippen LogP contribution in [0.25, 0.3) is 16.6 Å². The van der Waals surface area contributed by atoms with E-state index in [0.717, 1.165) is 11.3 Å². The number of carbonyl (C=O) groups is 3. The van der Waals surface area contributed by atoms with Crippen LogP contribution in [0.2, 0.25) is 0 Å². The van der Waals surface area contributed by atoms with Gasteiger partial charge in [0.15, 0.2) is 0 Å². The van der Waals surface area contributed by atoms with Gasteiger partial charge in [-0.2, -0.15) is 0 Å². The molecule has 0 spiro atoms. The van der Waals surface area contributed by atoms with Gasteiger partial charge in [0.1, 0.15) is 10.8 Å². The summed E-state index contributed by atoms with van der Waals surface area (Å²) in [5.41, 5.74) is 2.16. The van der Waals surface area contributed by atoms with Crippen LogP contribution < -0.4 is 15.4 Å². The van der Waals surface area contributed by atoms with Crippen LogP contribution >= 0.6 is 11.3 Å². The molecule has 1 heterocycles. The number of para-hydroxylation sites is 1. The summed E-state index contributed by atoms with van der Waals surface area (Å²) in [5.74, 6) is -1.14. The third kappa shape index (κ3) is 7.39. The highest BCUT2D eigenvalue weighted by Gasteiger charge is 2.14. The Morgan fingerprint density at radius 3 is 2.30 bits per heavy atom. The molecule has 43 heavy (non-hydrogen) atoms. The Balaban J connectivity index is 1.20. The summed E-state index contributed by atoms with van der Waals surface area (Å²) in [6, 6.07) is 27.6. The number of anilines is 2. The molecule has 2 amide bonds. The number of aromatic nitrogens is 2. The second-order valence-corrected chi connectivity index (χ2v) is 9.84. The van der Waals surface area contributed by atoms with Crippen molar-refractivity contribution in [2.45, 2.75) is 0 Å². The fourth-order valence-corrected chi connectivity index (χ4v) is 4.56. The van der Waals surface area contributed by atoms with E-state index in [-0.39, 0.29) is 16.4 Å². The van der Waals surface area contributed by atoms with E-state index in [1.54, 1.807) is 84.9 Å². The normalized spacial score (nSPS) is 10.7. The van der Waals surface area contributed by atoms with Crippen molar-refractivity contribution in [2.24, 2.45) is 0 Å². The monoisotopic (exact) mass is 591 g/mol. The topological polar surface area (TPSA) is 153 Å². The Kier molecular flexibility index (Phi) is 8.69. The van der Waals surface area contributed by atoms with Crippen LogP contribution in [0.1, 0.15) is 26.3 Å². The molecule has 0 bridgehead atoms. The van der Waals surface area contributed by atoms with Crippen LogP contribution in [0.4, 0.5) is 16.5 Å². The number of nitro groups is 1. The van der Waals surface area contributed by atoms with Crippen LogP contribution in [0.5, 0.6) is 5.75 Å². The van der Waals surface area contributed by atoms with Gasteiger partial charge in [-0.1, -0.05) is 53.8 Å². The zero-order valence-electron chi connectivity index (χ0n) is 22.2. The van der Waals surface area contributed by atoms with Gasteiger partial charge < -0.3 is 10.1 Å². The molecule has 4 aromatic carbocycles. The third-order valence-corrected chi connectivity index (χ3v) is 6.80. The minimum atomic E-state index is -0.517. The molecular formula is C31H21N5O6S. The maximum absolute atomic E-state index is 12.8. The second-order valence-electron chi connectivity index (χ2n) is 8.87. The van der Waals surface area contributed by atoms with Crippen molar-refractivity contribution in [1.82, 2.24) is 10.2 Å². The number of amides is 2. The van der Waals surface area contributed by atoms with E-state index in [4.69, 9.17) is 4.74 Å². The van der Waals surface area contributed by atoms with Gasteiger partial charge in [0, 0.05) is 40.6 Å². The fraction of sp³-hybridized carbons (Fsp3) is 0. The maximum Gasteiger partial charge on any atom is 0.343 e. The summed E-state index contributed by atoms with van der Waals surface area (Å²) in [4.78, 5) is 48.3. The number of nitrogens with zero attached hydrogens (tertiary/aromatic N) is 3. The predicted molar refractivity (Wildman–Crippen MR) is 162 cm³/mol. The molecule has 0 fully saturated rings. The van der Waals surface area contributed by atoms with E-state index in [1.165, 1.54) is 30.4 Å². The Hall–Kier alpha value is -6.01. The number of benzene rings is 4. The van der Waals surface area contributed by atoms with Crippen molar-refractivity contribution in [3.05, 3.63) is 136 Å². The van der Waals surface area contributed by atoms with Crippen molar-refractivity contribution in [3.63, 3.8) is 0 Å². The zero-order chi connectivity index (χ0) is 30.2. The molecular weight excluding hydrogens is 570 g/mol. The van der Waals surface area contributed by atoms with Crippen LogP contribution in [-0.2, 0) is 4.79 Å². The Morgan fingerprint density at radius 2 is 1.53 bits per heavy atom. The lowest BCUT2D eigenvalue weighted by Gasteiger charge is -2.08. The lowest BCUT2D eigenvalue weighted by molar-refractivity contribution is -0.384. The summed E-state index contributed by atoms with van der Waals surface area (Å²) in [6.45, 7) is 0. The summed E-state index contributed by atoms with van der Waals surface area (Å²) in [6.07, 6.45) is 2.82. The van der Waals surface area contributed by atoms with Crippen LogP contribution in [0, 0.1) is 10.1 Å². The lowest BCUT2D eigenvalue weighted by Crippen LogP contribution is -2.13. The largest absolute Gasteiger partial charge is 0.422 e. The first-order valence-electron chi connectivity index (χ1n) is 12.7. The quantitative estimate of drug-likeness (QED) is 0.0672. The Labute approximate surface area is 248 Å². The minimum Gasteiger partial charge on any atom is -0.422 e. The minimum absolute atomic E-state index is 0.0431. The van der Waals surface area contributed by atoms with Gasteiger partial charge in [0.2, 0.25) is 11.0 Å². The van der Waals surface area contributed by atoms with Gasteiger partial charge in [-0.3, -0.25) is 25.0 Å². The number of hydrogen-bond acceptors (Lipinski definition) is 9. The number of nitrogens with one attached hydrogen (secondary N) is 2. The van der Waals surface area contributed by atoms with E-state index in [0.29, 0.717) is 33.1 Å². The lowest BCUT2D eigenvalue weighted by atomic mass is 10.1. The van der Waals surface area contributed by atoms with E-state index in [2.05, 4.69) is 20.8 Å². The highest BCUT2D eigenvalue weighted by atomic mass is 32.1. The van der Waals surface area contributed by atoms with Crippen molar-refractivity contribution in [2.75, 3.05) is 10.6 Å². The molecule has 1 aromatic heterocycles. The first-order valence-corrected chi connectivity index (χ1v) is 13.5. The SMILES string of the molecule is O=C(/C=C/c1ccccc1OC(=O)c1ccccc1)Nc1cccc(C(=O)Nc2nnc(-c3ccc([N+](=O)[O-])cc3)s2)c1. The molecule has 0 atom stereocenters. The zero-order valence-corrected chi connectivity index (χ0v) is 23.0. The number of esters is 1.